The Labute approximate surface area is 120 Å². The van der Waals surface area contributed by atoms with E-state index in [1.54, 1.807) is 16.5 Å². The van der Waals surface area contributed by atoms with Gasteiger partial charge in [0, 0.05) is 11.1 Å². The third-order valence-electron chi connectivity index (χ3n) is 3.73. The molecule has 19 heavy (non-hydrogen) atoms. The van der Waals surface area contributed by atoms with Crippen LogP contribution in [0.2, 0.25) is 0 Å². The van der Waals surface area contributed by atoms with Crippen LogP contribution in [-0.2, 0) is 6.42 Å². The zero-order chi connectivity index (χ0) is 13.8. The van der Waals surface area contributed by atoms with E-state index in [0.29, 0.717) is 5.92 Å². The first-order valence-corrected chi connectivity index (χ1v) is 7.59. The number of benzene rings is 1. The van der Waals surface area contributed by atoms with Crippen molar-refractivity contribution in [2.75, 3.05) is 0 Å². The van der Waals surface area contributed by atoms with Gasteiger partial charge in [0.05, 0.1) is 0 Å². The molecule has 0 spiro atoms. The van der Waals surface area contributed by atoms with Crippen molar-refractivity contribution in [1.82, 2.24) is 9.95 Å². The van der Waals surface area contributed by atoms with E-state index >= 15 is 0 Å². The maximum atomic E-state index is 5.66. The Bertz CT molecular complexity index is 450. The van der Waals surface area contributed by atoms with E-state index in [2.05, 4.69) is 44.4 Å². The van der Waals surface area contributed by atoms with Crippen LogP contribution in [0.3, 0.4) is 0 Å². The highest BCUT2D eigenvalue weighted by Crippen LogP contribution is 2.31. The van der Waals surface area contributed by atoms with Gasteiger partial charge in [0.1, 0.15) is 0 Å². The fourth-order valence-electron chi connectivity index (χ4n) is 2.50. The Morgan fingerprint density at radius 2 is 2.00 bits per heavy atom. The van der Waals surface area contributed by atoms with Gasteiger partial charge in [-0.05, 0) is 67.7 Å². The first-order valence-electron chi connectivity index (χ1n) is 6.82. The monoisotopic (exact) mass is 277 g/mol. The lowest BCUT2D eigenvalue weighted by Gasteiger charge is -2.14. The maximum Gasteiger partial charge on any atom is 0.0263 e. The van der Waals surface area contributed by atoms with Crippen molar-refractivity contribution < 1.29 is 0 Å². The van der Waals surface area contributed by atoms with E-state index in [4.69, 9.17) is 5.84 Å². The minimum absolute atomic E-state index is 0.565. The van der Waals surface area contributed by atoms with E-state index in [0.717, 1.165) is 0 Å². The van der Waals surface area contributed by atoms with Crippen LogP contribution in [0.1, 0.15) is 36.5 Å². The normalized spacial score (nSPS) is 17.2. The molecule has 3 N–H and O–H groups in total. The number of nitrogens with one attached hydrogen (secondary N) is 1. The van der Waals surface area contributed by atoms with Gasteiger partial charge in [-0.25, -0.2) is 5.84 Å². The zero-order valence-corrected chi connectivity index (χ0v) is 12.8. The van der Waals surface area contributed by atoms with Gasteiger partial charge in [0.15, 0.2) is 0 Å². The molecule has 104 valence electrons. The van der Waals surface area contributed by atoms with Crippen LogP contribution in [0.5, 0.6) is 0 Å². The summed E-state index contributed by atoms with van der Waals surface area (Å²) in [6.45, 7) is 6.68. The molecule has 1 aromatic carbocycles. The third-order valence-corrected chi connectivity index (χ3v) is 4.77. The van der Waals surface area contributed by atoms with E-state index in [-0.39, 0.29) is 0 Å². The zero-order valence-electron chi connectivity index (χ0n) is 11.9. The number of nitrogens with zero attached hydrogens (tertiary/aromatic N) is 1. The fraction of sp³-hybridized carbons (Fsp3) is 0.467. The molecule has 0 bridgehead atoms. The summed E-state index contributed by atoms with van der Waals surface area (Å²) in [6, 6.07) is 6.55. The summed E-state index contributed by atoms with van der Waals surface area (Å²) in [4.78, 5) is 1.32. The van der Waals surface area contributed by atoms with Gasteiger partial charge >= 0.3 is 0 Å². The highest BCUT2D eigenvalue weighted by Gasteiger charge is 2.17. The summed E-state index contributed by atoms with van der Waals surface area (Å²) in [5.41, 5.74) is 7.33. The van der Waals surface area contributed by atoms with Crippen molar-refractivity contribution in [2.24, 2.45) is 11.8 Å². The smallest absolute Gasteiger partial charge is 0.0263 e. The summed E-state index contributed by atoms with van der Waals surface area (Å²) in [5, 5.41) is 0. The SMILES string of the molecule is Cc1cccc(C)c1CCCC(C)C1=CNN(N)S1. The van der Waals surface area contributed by atoms with Crippen LogP contribution in [0.4, 0.5) is 0 Å². The Kier molecular flexibility index (Phi) is 4.91. The second-order valence-corrected chi connectivity index (χ2v) is 6.30. The molecule has 1 atom stereocenters. The minimum Gasteiger partial charge on any atom is -0.302 e. The van der Waals surface area contributed by atoms with Gasteiger partial charge in [-0.2, -0.15) is 0 Å². The molecule has 3 nitrogen and oxygen atoms in total. The highest BCUT2D eigenvalue weighted by molar-refractivity contribution is 8.00. The van der Waals surface area contributed by atoms with Crippen molar-refractivity contribution in [1.29, 1.82) is 0 Å². The number of nitrogens with two attached hydrogens (primary N) is 1. The van der Waals surface area contributed by atoms with Gasteiger partial charge in [-0.3, -0.25) is 0 Å². The molecular formula is C15H23N3S. The summed E-state index contributed by atoms with van der Waals surface area (Å²) in [7, 11) is 0. The van der Waals surface area contributed by atoms with E-state index in [1.165, 1.54) is 40.9 Å². The predicted molar refractivity (Wildman–Crippen MR) is 82.9 cm³/mol. The van der Waals surface area contributed by atoms with Crippen LogP contribution in [0.15, 0.2) is 29.3 Å². The average molecular weight is 277 g/mol. The van der Waals surface area contributed by atoms with Crippen LogP contribution >= 0.6 is 11.9 Å². The molecule has 0 saturated carbocycles. The molecule has 0 saturated heterocycles. The lowest BCUT2D eigenvalue weighted by atomic mass is 9.95. The maximum absolute atomic E-state index is 5.66. The van der Waals surface area contributed by atoms with Crippen molar-refractivity contribution in [3.8, 4) is 0 Å². The summed E-state index contributed by atoms with van der Waals surface area (Å²) in [6.07, 6.45) is 5.59. The number of hydrazine groups is 2. The molecule has 1 aliphatic rings. The first kappa shape index (κ1) is 14.4. The quantitative estimate of drug-likeness (QED) is 0.639. The standard InChI is InChI=1S/C15H23N3S/c1-11-6-4-7-12(2)14(11)9-5-8-13(3)15-10-17-18(16)19-15/h4,6-7,10,13,17H,5,8-9,16H2,1-3H3. The lowest BCUT2D eigenvalue weighted by Crippen LogP contribution is -2.30. The lowest BCUT2D eigenvalue weighted by molar-refractivity contribution is 0.440. The second-order valence-electron chi connectivity index (χ2n) is 5.26. The first-order chi connectivity index (χ1) is 9.08. The Morgan fingerprint density at radius 3 is 2.58 bits per heavy atom. The van der Waals surface area contributed by atoms with Crippen LogP contribution in [0, 0.1) is 19.8 Å². The number of hydrogen-bond donors (Lipinski definition) is 2. The van der Waals surface area contributed by atoms with Gasteiger partial charge in [0.25, 0.3) is 0 Å². The predicted octanol–water partition coefficient (Wildman–Crippen LogP) is 3.45. The molecule has 1 aliphatic heterocycles. The van der Waals surface area contributed by atoms with Crippen LogP contribution in [-0.4, -0.2) is 4.52 Å². The molecule has 0 radical (unpaired) electrons. The van der Waals surface area contributed by atoms with Crippen LogP contribution in [0.25, 0.3) is 0 Å². The number of allylic oxidation sites excluding steroid dienone is 1. The number of aryl methyl sites for hydroxylation is 2. The molecule has 0 aliphatic carbocycles. The summed E-state index contributed by atoms with van der Waals surface area (Å²) in [5.74, 6) is 6.22. The second kappa shape index (κ2) is 6.46. The molecule has 1 aromatic rings. The Balaban J connectivity index is 1.84. The van der Waals surface area contributed by atoms with E-state index in [9.17, 15) is 0 Å². The summed E-state index contributed by atoms with van der Waals surface area (Å²) >= 11 is 1.59. The molecule has 0 aromatic heterocycles. The van der Waals surface area contributed by atoms with Crippen molar-refractivity contribution in [3.05, 3.63) is 46.0 Å². The van der Waals surface area contributed by atoms with E-state index < -0.39 is 0 Å². The third kappa shape index (κ3) is 3.75. The number of rotatable bonds is 5. The van der Waals surface area contributed by atoms with Crippen molar-refractivity contribution in [2.45, 2.75) is 40.0 Å². The topological polar surface area (TPSA) is 41.3 Å². The van der Waals surface area contributed by atoms with Gasteiger partial charge < -0.3 is 5.43 Å². The van der Waals surface area contributed by atoms with Crippen molar-refractivity contribution >= 4 is 11.9 Å². The fourth-order valence-corrected chi connectivity index (χ4v) is 3.23. The Morgan fingerprint density at radius 1 is 1.32 bits per heavy atom. The summed E-state index contributed by atoms with van der Waals surface area (Å²) < 4.78 is 1.55. The highest BCUT2D eigenvalue weighted by atomic mass is 32.2. The molecule has 2 rings (SSSR count). The molecule has 1 heterocycles. The Hall–Kier alpha value is -0.970. The van der Waals surface area contributed by atoms with E-state index in [1.807, 2.05) is 6.20 Å². The molecule has 1 unspecified atom stereocenters. The minimum atomic E-state index is 0.565. The molecule has 4 heteroatoms. The largest absolute Gasteiger partial charge is 0.302 e. The number of hydrogen-bond acceptors (Lipinski definition) is 4. The molecule has 0 fully saturated rings. The van der Waals surface area contributed by atoms with Gasteiger partial charge in [-0.1, -0.05) is 29.6 Å². The van der Waals surface area contributed by atoms with Crippen molar-refractivity contribution in [3.63, 3.8) is 0 Å². The average Bonchev–Trinajstić information content (AvgIpc) is 2.79. The van der Waals surface area contributed by atoms with Gasteiger partial charge in [-0.15, -0.1) is 0 Å². The molecule has 0 amide bonds. The molecular weight excluding hydrogens is 254 g/mol. The van der Waals surface area contributed by atoms with Gasteiger partial charge in [0.2, 0.25) is 0 Å². The van der Waals surface area contributed by atoms with Crippen LogP contribution < -0.4 is 11.3 Å².